The van der Waals surface area contributed by atoms with Crippen LogP contribution in [0.2, 0.25) is 0 Å². The molecular weight excluding hydrogens is 218 g/mol. The van der Waals surface area contributed by atoms with Gasteiger partial charge in [0.15, 0.2) is 0 Å². The third-order valence-corrected chi connectivity index (χ3v) is 3.40. The van der Waals surface area contributed by atoms with E-state index < -0.39 is 0 Å². The Morgan fingerprint density at radius 3 is 3.00 bits per heavy atom. The average molecular weight is 233 g/mol. The van der Waals surface area contributed by atoms with Crippen LogP contribution in [-0.4, -0.2) is 23.6 Å². The molecule has 0 saturated carbocycles. The predicted molar refractivity (Wildman–Crippen MR) is 67.7 cm³/mol. The number of hydrogen-bond donors (Lipinski definition) is 1. The van der Waals surface area contributed by atoms with Gasteiger partial charge in [0, 0.05) is 30.9 Å². The molecule has 2 aromatic heterocycles. The van der Waals surface area contributed by atoms with Crippen molar-refractivity contribution in [2.24, 2.45) is 0 Å². The molecule has 0 fully saturated rings. The summed E-state index contributed by atoms with van der Waals surface area (Å²) in [4.78, 5) is 9.98. The molecule has 0 aliphatic heterocycles. The first-order valence-electron chi connectivity index (χ1n) is 5.32. The molecule has 0 spiro atoms. The maximum absolute atomic E-state index is 4.58. The minimum Gasteiger partial charge on any atom is -0.319 e. The zero-order valence-corrected chi connectivity index (χ0v) is 10.3. The van der Waals surface area contributed by atoms with Crippen LogP contribution >= 0.6 is 11.3 Å². The van der Waals surface area contributed by atoms with E-state index in [1.165, 1.54) is 16.1 Å². The number of rotatable bonds is 4. The molecule has 0 bridgehead atoms. The molecule has 0 saturated heterocycles. The highest BCUT2D eigenvalue weighted by atomic mass is 32.1. The van der Waals surface area contributed by atoms with Crippen LogP contribution in [0.4, 0.5) is 0 Å². The summed E-state index contributed by atoms with van der Waals surface area (Å²) < 4.78 is 0. The van der Waals surface area contributed by atoms with Crippen LogP contribution in [0.15, 0.2) is 24.5 Å². The summed E-state index contributed by atoms with van der Waals surface area (Å²) in [5.74, 6) is 0. The van der Waals surface area contributed by atoms with Gasteiger partial charge in [-0.3, -0.25) is 4.98 Å². The van der Waals surface area contributed by atoms with Gasteiger partial charge in [-0.25, -0.2) is 4.98 Å². The SMILES string of the molecule is CNCCc1nc(C)sc1-c1cccnc1. The van der Waals surface area contributed by atoms with Crippen LogP contribution in [-0.2, 0) is 6.42 Å². The van der Waals surface area contributed by atoms with Crippen molar-refractivity contribution >= 4 is 11.3 Å². The van der Waals surface area contributed by atoms with Gasteiger partial charge in [-0.2, -0.15) is 0 Å². The zero-order valence-electron chi connectivity index (χ0n) is 9.53. The Balaban J connectivity index is 2.33. The van der Waals surface area contributed by atoms with Gasteiger partial charge >= 0.3 is 0 Å². The lowest BCUT2D eigenvalue weighted by atomic mass is 10.2. The van der Waals surface area contributed by atoms with Crippen LogP contribution in [0, 0.1) is 6.92 Å². The van der Waals surface area contributed by atoms with Crippen molar-refractivity contribution in [3.8, 4) is 10.4 Å². The quantitative estimate of drug-likeness (QED) is 0.880. The predicted octanol–water partition coefficient (Wildman–Crippen LogP) is 2.28. The van der Waals surface area contributed by atoms with Crippen molar-refractivity contribution in [2.75, 3.05) is 13.6 Å². The van der Waals surface area contributed by atoms with Crippen molar-refractivity contribution in [3.63, 3.8) is 0 Å². The van der Waals surface area contributed by atoms with Gasteiger partial charge < -0.3 is 5.32 Å². The lowest BCUT2D eigenvalue weighted by molar-refractivity contribution is 0.779. The fourth-order valence-electron chi connectivity index (χ4n) is 1.61. The molecular formula is C12H15N3S. The summed E-state index contributed by atoms with van der Waals surface area (Å²) in [7, 11) is 1.96. The first-order valence-corrected chi connectivity index (χ1v) is 6.14. The van der Waals surface area contributed by atoms with Gasteiger partial charge in [0.2, 0.25) is 0 Å². The summed E-state index contributed by atoms with van der Waals surface area (Å²) in [6.45, 7) is 3.00. The van der Waals surface area contributed by atoms with Crippen LogP contribution < -0.4 is 5.32 Å². The molecule has 0 aliphatic carbocycles. The van der Waals surface area contributed by atoms with Gasteiger partial charge in [-0.1, -0.05) is 6.07 Å². The number of nitrogens with one attached hydrogen (secondary N) is 1. The van der Waals surface area contributed by atoms with Crippen molar-refractivity contribution < 1.29 is 0 Å². The molecule has 3 nitrogen and oxygen atoms in total. The molecule has 0 amide bonds. The summed E-state index contributed by atoms with van der Waals surface area (Å²) >= 11 is 1.74. The maximum Gasteiger partial charge on any atom is 0.0903 e. The van der Waals surface area contributed by atoms with E-state index >= 15 is 0 Å². The molecule has 4 heteroatoms. The third-order valence-electron chi connectivity index (χ3n) is 2.34. The Morgan fingerprint density at radius 2 is 2.31 bits per heavy atom. The number of nitrogens with zero attached hydrogens (tertiary/aromatic N) is 2. The van der Waals surface area contributed by atoms with Crippen molar-refractivity contribution in [1.82, 2.24) is 15.3 Å². The molecule has 2 heterocycles. The van der Waals surface area contributed by atoms with Crippen molar-refractivity contribution in [3.05, 3.63) is 35.2 Å². The van der Waals surface area contributed by atoms with Gasteiger partial charge in [0.05, 0.1) is 15.6 Å². The average Bonchev–Trinajstić information content (AvgIpc) is 2.69. The van der Waals surface area contributed by atoms with Crippen LogP contribution in [0.5, 0.6) is 0 Å². The smallest absolute Gasteiger partial charge is 0.0903 e. The fourth-order valence-corrected chi connectivity index (χ4v) is 2.56. The molecule has 2 aromatic rings. The first-order chi connectivity index (χ1) is 7.81. The number of likely N-dealkylation sites (N-methyl/N-ethyl adjacent to an activating group) is 1. The van der Waals surface area contributed by atoms with Gasteiger partial charge in [-0.05, 0) is 20.0 Å². The van der Waals surface area contributed by atoms with E-state index in [4.69, 9.17) is 0 Å². The van der Waals surface area contributed by atoms with E-state index in [0.29, 0.717) is 0 Å². The Kier molecular flexibility index (Phi) is 3.64. The highest BCUT2D eigenvalue weighted by Gasteiger charge is 2.10. The summed E-state index contributed by atoms with van der Waals surface area (Å²) in [6.07, 6.45) is 4.66. The van der Waals surface area contributed by atoms with E-state index in [1.807, 2.05) is 26.2 Å². The minimum atomic E-state index is 0.955. The van der Waals surface area contributed by atoms with E-state index in [-0.39, 0.29) is 0 Å². The van der Waals surface area contributed by atoms with Crippen LogP contribution in [0.1, 0.15) is 10.7 Å². The van der Waals surface area contributed by atoms with E-state index in [2.05, 4.69) is 21.4 Å². The Bertz CT molecular complexity index is 451. The molecule has 2 rings (SSSR count). The van der Waals surface area contributed by atoms with E-state index in [9.17, 15) is 0 Å². The second kappa shape index (κ2) is 5.18. The van der Waals surface area contributed by atoms with Gasteiger partial charge in [0.25, 0.3) is 0 Å². The second-order valence-corrected chi connectivity index (χ2v) is 4.81. The summed E-state index contributed by atoms with van der Waals surface area (Å²) in [6, 6.07) is 4.05. The second-order valence-electron chi connectivity index (χ2n) is 3.60. The molecule has 0 unspecified atom stereocenters. The van der Waals surface area contributed by atoms with Crippen LogP contribution in [0.3, 0.4) is 0 Å². The largest absolute Gasteiger partial charge is 0.319 e. The number of hydrogen-bond acceptors (Lipinski definition) is 4. The van der Waals surface area contributed by atoms with Crippen LogP contribution in [0.25, 0.3) is 10.4 Å². The Labute approximate surface area is 99.6 Å². The Morgan fingerprint density at radius 1 is 1.44 bits per heavy atom. The lowest BCUT2D eigenvalue weighted by Gasteiger charge is -2.01. The standard InChI is InChI=1S/C12H15N3S/c1-9-15-11(5-7-13-2)12(16-9)10-4-3-6-14-8-10/h3-4,6,8,13H,5,7H2,1-2H3. The minimum absolute atomic E-state index is 0.955. The fraction of sp³-hybridized carbons (Fsp3) is 0.333. The van der Waals surface area contributed by atoms with Gasteiger partial charge in [0.1, 0.15) is 0 Å². The third kappa shape index (κ3) is 2.46. The zero-order chi connectivity index (χ0) is 11.4. The normalized spacial score (nSPS) is 10.6. The molecule has 0 atom stereocenters. The van der Waals surface area contributed by atoms with Crippen molar-refractivity contribution in [2.45, 2.75) is 13.3 Å². The lowest BCUT2D eigenvalue weighted by Crippen LogP contribution is -2.10. The van der Waals surface area contributed by atoms with E-state index in [0.717, 1.165) is 18.0 Å². The molecule has 1 N–H and O–H groups in total. The molecule has 0 radical (unpaired) electrons. The maximum atomic E-state index is 4.58. The topological polar surface area (TPSA) is 37.8 Å². The van der Waals surface area contributed by atoms with Gasteiger partial charge in [-0.15, -0.1) is 11.3 Å². The number of aromatic nitrogens is 2. The van der Waals surface area contributed by atoms with Crippen molar-refractivity contribution in [1.29, 1.82) is 0 Å². The molecule has 0 aliphatic rings. The monoisotopic (exact) mass is 233 g/mol. The molecule has 16 heavy (non-hydrogen) atoms. The summed E-state index contributed by atoms with van der Waals surface area (Å²) in [5, 5.41) is 4.27. The van der Waals surface area contributed by atoms with E-state index in [1.54, 1.807) is 17.5 Å². The highest BCUT2D eigenvalue weighted by molar-refractivity contribution is 7.15. The number of thiazole rings is 1. The Hall–Kier alpha value is -1.26. The highest BCUT2D eigenvalue weighted by Crippen LogP contribution is 2.29. The summed E-state index contributed by atoms with van der Waals surface area (Å²) in [5.41, 5.74) is 2.34. The molecule has 84 valence electrons. The number of pyridine rings is 1. The number of aryl methyl sites for hydroxylation is 1. The first kappa shape index (κ1) is 11.2. The molecule has 0 aromatic carbocycles.